The molecule has 1 aromatic heterocycles. The van der Waals surface area contributed by atoms with Crippen molar-refractivity contribution >= 4 is 11.6 Å². The third-order valence-corrected chi connectivity index (χ3v) is 6.08. The molecule has 1 nitrogen and oxygen atoms in total. The number of unbranched alkanes of at least 4 members (excludes halogenated alkanes) is 9. The molecule has 0 radical (unpaired) electrons. The van der Waals surface area contributed by atoms with Gasteiger partial charge in [-0.3, -0.25) is 0 Å². The first kappa shape index (κ1) is 21.4. The van der Waals surface area contributed by atoms with E-state index in [1.165, 1.54) is 96.0 Å². The molecular weight excluding hydrogens is 291 g/mol. The molecule has 0 aliphatic rings. The fourth-order valence-electron chi connectivity index (χ4n) is 4.44. The predicted molar refractivity (Wildman–Crippen MR) is 111 cm³/mol. The maximum absolute atomic E-state index is 5.52. The van der Waals surface area contributed by atoms with Crippen molar-refractivity contribution in [1.82, 2.24) is 0 Å². The van der Waals surface area contributed by atoms with Crippen LogP contribution in [0.1, 0.15) is 97.8 Å². The lowest BCUT2D eigenvalue weighted by atomic mass is 9.16. The largest absolute Gasteiger partial charge is 0.476 e. The fourth-order valence-corrected chi connectivity index (χ4v) is 4.44. The lowest BCUT2D eigenvalue weighted by Crippen LogP contribution is -2.46. The summed E-state index contributed by atoms with van der Waals surface area (Å²) in [4.78, 5) is 0. The SMILES string of the molecule is CCCCCC[B-](CCCCCC)(CCCCCC)c1ccoc1. The molecule has 0 aliphatic heterocycles. The Hall–Kier alpha value is -0.655. The summed E-state index contributed by atoms with van der Waals surface area (Å²) in [5.74, 6) is 0. The summed E-state index contributed by atoms with van der Waals surface area (Å²) in [6.07, 6.45) is 24.4. The van der Waals surface area contributed by atoms with Crippen LogP contribution in [0.15, 0.2) is 23.0 Å². The first-order valence-corrected chi connectivity index (χ1v) is 11.0. The van der Waals surface area contributed by atoms with Gasteiger partial charge in [0.2, 0.25) is 0 Å². The summed E-state index contributed by atoms with van der Waals surface area (Å²) in [7, 11) is 0. The van der Waals surface area contributed by atoms with Gasteiger partial charge in [-0.25, -0.2) is 0 Å². The van der Waals surface area contributed by atoms with Crippen molar-refractivity contribution in [3.8, 4) is 0 Å². The molecule has 0 aromatic carbocycles. The highest BCUT2D eigenvalue weighted by atomic mass is 16.3. The van der Waals surface area contributed by atoms with E-state index in [9.17, 15) is 0 Å². The molecular formula is C22H42BO-. The van der Waals surface area contributed by atoms with Crippen LogP contribution in [0.5, 0.6) is 0 Å². The van der Waals surface area contributed by atoms with Crippen LogP contribution in [0.2, 0.25) is 19.0 Å². The lowest BCUT2D eigenvalue weighted by Gasteiger charge is -2.40. The average Bonchev–Trinajstić information content (AvgIpc) is 3.14. The Morgan fingerprint density at radius 2 is 1.12 bits per heavy atom. The fraction of sp³-hybridized carbons (Fsp3) is 0.818. The molecule has 140 valence electrons. The minimum absolute atomic E-state index is 0.406. The zero-order chi connectivity index (χ0) is 17.5. The van der Waals surface area contributed by atoms with Crippen LogP contribution >= 0.6 is 0 Å². The van der Waals surface area contributed by atoms with Crippen LogP contribution in [0.4, 0.5) is 0 Å². The first-order chi connectivity index (χ1) is 11.8. The molecule has 0 saturated heterocycles. The van der Waals surface area contributed by atoms with Gasteiger partial charge in [-0.1, -0.05) is 104 Å². The van der Waals surface area contributed by atoms with Gasteiger partial charge in [-0.15, -0.1) is 0 Å². The molecule has 1 aromatic rings. The zero-order valence-corrected chi connectivity index (χ0v) is 16.8. The average molecular weight is 333 g/mol. The molecule has 0 amide bonds. The second-order valence-corrected chi connectivity index (χ2v) is 8.08. The monoisotopic (exact) mass is 333 g/mol. The number of hydrogen-bond donors (Lipinski definition) is 0. The molecule has 1 heterocycles. The van der Waals surface area contributed by atoms with Gasteiger partial charge in [0.15, 0.2) is 0 Å². The Bertz CT molecular complexity index is 340. The van der Waals surface area contributed by atoms with Crippen molar-refractivity contribution in [3.63, 3.8) is 0 Å². The van der Waals surface area contributed by atoms with Gasteiger partial charge in [-0.2, -0.15) is 24.4 Å². The molecule has 1 rings (SSSR count). The normalized spacial score (nSPS) is 12.0. The summed E-state index contributed by atoms with van der Waals surface area (Å²) >= 11 is 0. The van der Waals surface area contributed by atoms with E-state index in [1.807, 2.05) is 6.26 Å². The van der Waals surface area contributed by atoms with E-state index in [0.717, 1.165) is 0 Å². The molecule has 0 aliphatic carbocycles. The van der Waals surface area contributed by atoms with E-state index in [2.05, 4.69) is 33.1 Å². The maximum atomic E-state index is 5.52. The van der Waals surface area contributed by atoms with Gasteiger partial charge in [0, 0.05) is 6.15 Å². The van der Waals surface area contributed by atoms with Crippen molar-refractivity contribution in [2.75, 3.05) is 0 Å². The molecule has 24 heavy (non-hydrogen) atoms. The Balaban J connectivity index is 2.72. The van der Waals surface area contributed by atoms with E-state index in [-0.39, 0.29) is 0 Å². The summed E-state index contributed by atoms with van der Waals surface area (Å²) in [6.45, 7) is 6.93. The third-order valence-electron chi connectivity index (χ3n) is 6.08. The third kappa shape index (κ3) is 7.95. The summed E-state index contributed by atoms with van der Waals surface area (Å²) in [5, 5.41) is 0. The Labute approximate surface area is 151 Å². The van der Waals surface area contributed by atoms with Gasteiger partial charge < -0.3 is 4.42 Å². The summed E-state index contributed by atoms with van der Waals surface area (Å²) in [6, 6.07) is 2.28. The number of rotatable bonds is 16. The van der Waals surface area contributed by atoms with E-state index in [4.69, 9.17) is 4.42 Å². The van der Waals surface area contributed by atoms with Gasteiger partial charge in [0.1, 0.15) is 0 Å². The summed E-state index contributed by atoms with van der Waals surface area (Å²) < 4.78 is 5.52. The van der Waals surface area contributed by atoms with Crippen LogP contribution < -0.4 is 5.46 Å². The second kappa shape index (κ2) is 13.6. The van der Waals surface area contributed by atoms with Crippen LogP contribution in [0.25, 0.3) is 0 Å². The van der Waals surface area contributed by atoms with Crippen LogP contribution in [0.3, 0.4) is 0 Å². The van der Waals surface area contributed by atoms with Crippen molar-refractivity contribution in [2.24, 2.45) is 0 Å². The molecule has 0 fully saturated rings. The lowest BCUT2D eigenvalue weighted by molar-refractivity contribution is 0.568. The topological polar surface area (TPSA) is 13.1 Å². The Morgan fingerprint density at radius 3 is 1.46 bits per heavy atom. The molecule has 0 saturated carbocycles. The predicted octanol–water partition coefficient (Wildman–Crippen LogP) is 7.68. The molecule has 0 spiro atoms. The summed E-state index contributed by atoms with van der Waals surface area (Å²) in [5.41, 5.74) is 1.54. The van der Waals surface area contributed by atoms with Crippen molar-refractivity contribution in [2.45, 2.75) is 117 Å². The smallest absolute Gasteiger partial charge is 0.0869 e. The molecule has 0 atom stereocenters. The highest BCUT2D eigenvalue weighted by molar-refractivity contribution is 6.91. The van der Waals surface area contributed by atoms with Crippen LogP contribution in [0, 0.1) is 0 Å². The molecule has 2 heteroatoms. The standard InChI is InChI=1S/C22H42BO/c1-4-7-10-13-17-23(18-14-11-8-5-2,19-15-12-9-6-3)22-16-20-24-21-22/h16,20-21H,4-15,17-19H2,1-3H3/q-1. The minimum atomic E-state index is -0.406. The second-order valence-electron chi connectivity index (χ2n) is 8.08. The van der Waals surface area contributed by atoms with Crippen molar-refractivity contribution < 1.29 is 4.42 Å². The van der Waals surface area contributed by atoms with Crippen molar-refractivity contribution in [3.05, 3.63) is 18.6 Å². The number of hydrogen-bond acceptors (Lipinski definition) is 1. The quantitative estimate of drug-likeness (QED) is 0.223. The molecule has 0 N–H and O–H groups in total. The molecule has 0 unspecified atom stereocenters. The number of furan rings is 1. The highest BCUT2D eigenvalue weighted by Crippen LogP contribution is 2.30. The Morgan fingerprint density at radius 1 is 0.667 bits per heavy atom. The molecule has 0 bridgehead atoms. The van der Waals surface area contributed by atoms with Gasteiger partial charge in [-0.05, 0) is 0 Å². The van der Waals surface area contributed by atoms with Crippen LogP contribution in [-0.2, 0) is 0 Å². The van der Waals surface area contributed by atoms with E-state index < -0.39 is 6.15 Å². The Kier molecular flexibility index (Phi) is 12.1. The zero-order valence-electron chi connectivity index (χ0n) is 16.8. The van der Waals surface area contributed by atoms with Crippen LogP contribution in [-0.4, -0.2) is 6.15 Å². The van der Waals surface area contributed by atoms with E-state index in [0.29, 0.717) is 0 Å². The van der Waals surface area contributed by atoms with Gasteiger partial charge in [0.05, 0.1) is 12.5 Å². The highest BCUT2D eigenvalue weighted by Gasteiger charge is 2.26. The maximum Gasteiger partial charge on any atom is 0.0869 e. The van der Waals surface area contributed by atoms with E-state index in [1.54, 1.807) is 5.46 Å². The first-order valence-electron chi connectivity index (χ1n) is 11.0. The minimum Gasteiger partial charge on any atom is -0.476 e. The van der Waals surface area contributed by atoms with Gasteiger partial charge in [0.25, 0.3) is 0 Å². The van der Waals surface area contributed by atoms with E-state index >= 15 is 0 Å². The van der Waals surface area contributed by atoms with Gasteiger partial charge >= 0.3 is 0 Å². The van der Waals surface area contributed by atoms with Crippen molar-refractivity contribution in [1.29, 1.82) is 0 Å².